The van der Waals surface area contributed by atoms with Crippen LogP contribution in [0.1, 0.15) is 20.3 Å². The lowest BCUT2D eigenvalue weighted by Gasteiger charge is -2.23. The summed E-state index contributed by atoms with van der Waals surface area (Å²) in [7, 11) is 0. The zero-order valence-corrected chi connectivity index (χ0v) is 8.72. The van der Waals surface area contributed by atoms with Crippen molar-refractivity contribution in [3.63, 3.8) is 0 Å². The van der Waals surface area contributed by atoms with Gasteiger partial charge in [-0.1, -0.05) is 0 Å². The number of alkyl halides is 3. The Kier molecular flexibility index (Phi) is 4.58. The van der Waals surface area contributed by atoms with Gasteiger partial charge < -0.3 is 15.2 Å². The number of amides is 1. The number of alkyl carbamates (subject to hydrolysis) is 1. The van der Waals surface area contributed by atoms with E-state index in [9.17, 15) is 22.8 Å². The Labute approximate surface area is 89.6 Å². The Morgan fingerprint density at radius 2 is 1.81 bits per heavy atom. The quantitative estimate of drug-likeness (QED) is 0.785. The molecule has 1 amide bonds. The highest BCUT2D eigenvalue weighted by Crippen LogP contribution is 2.15. The Bertz CT molecular complexity index is 275. The summed E-state index contributed by atoms with van der Waals surface area (Å²) >= 11 is 0. The van der Waals surface area contributed by atoms with Crippen molar-refractivity contribution < 1.29 is 32.6 Å². The fourth-order valence-electron chi connectivity index (χ4n) is 0.882. The second-order valence-electron chi connectivity index (χ2n) is 3.77. The molecule has 0 aliphatic heterocycles. The van der Waals surface area contributed by atoms with Crippen molar-refractivity contribution in [2.24, 2.45) is 0 Å². The van der Waals surface area contributed by atoms with Gasteiger partial charge in [-0.05, 0) is 13.8 Å². The number of aliphatic carboxylic acids is 1. The Balaban J connectivity index is 4.09. The molecule has 0 aromatic rings. The molecule has 0 aromatic carbocycles. The molecule has 5 nitrogen and oxygen atoms in total. The van der Waals surface area contributed by atoms with Gasteiger partial charge in [0.25, 0.3) is 0 Å². The maximum absolute atomic E-state index is 11.7. The number of carbonyl (C=O) groups excluding carboxylic acids is 1. The number of carboxylic acid groups (broad SMARTS) is 1. The molecular weight excluding hydrogens is 231 g/mol. The zero-order valence-electron chi connectivity index (χ0n) is 8.72. The van der Waals surface area contributed by atoms with Crippen molar-refractivity contribution >= 4 is 12.1 Å². The van der Waals surface area contributed by atoms with Gasteiger partial charge in [0.05, 0.1) is 6.42 Å². The first-order valence-electron chi connectivity index (χ1n) is 4.25. The smallest absolute Gasteiger partial charge is 0.422 e. The lowest BCUT2D eigenvalue weighted by atomic mass is 10.0. The number of halogens is 3. The molecule has 0 fully saturated rings. The summed E-state index contributed by atoms with van der Waals surface area (Å²) in [4.78, 5) is 21.2. The van der Waals surface area contributed by atoms with Gasteiger partial charge in [-0.15, -0.1) is 0 Å². The highest BCUT2D eigenvalue weighted by Gasteiger charge is 2.31. The summed E-state index contributed by atoms with van der Waals surface area (Å²) in [6, 6.07) is 0. The molecular formula is C8H12F3NO4. The van der Waals surface area contributed by atoms with E-state index in [1.54, 1.807) is 0 Å². The van der Waals surface area contributed by atoms with Gasteiger partial charge in [0.2, 0.25) is 0 Å². The van der Waals surface area contributed by atoms with Gasteiger partial charge in [0.1, 0.15) is 0 Å². The van der Waals surface area contributed by atoms with Crippen LogP contribution in [-0.2, 0) is 9.53 Å². The number of ether oxygens (including phenoxy) is 1. The predicted molar refractivity (Wildman–Crippen MR) is 46.9 cm³/mol. The van der Waals surface area contributed by atoms with E-state index in [0.717, 1.165) is 0 Å². The van der Waals surface area contributed by atoms with Crippen LogP contribution in [0.3, 0.4) is 0 Å². The van der Waals surface area contributed by atoms with Crippen LogP contribution >= 0.6 is 0 Å². The summed E-state index contributed by atoms with van der Waals surface area (Å²) < 4.78 is 38.8. The Hall–Kier alpha value is -1.47. The Morgan fingerprint density at radius 1 is 1.31 bits per heavy atom. The maximum atomic E-state index is 11.7. The first kappa shape index (κ1) is 14.5. The lowest BCUT2D eigenvalue weighted by Crippen LogP contribution is -2.45. The van der Waals surface area contributed by atoms with E-state index in [1.165, 1.54) is 13.8 Å². The molecule has 0 unspecified atom stereocenters. The van der Waals surface area contributed by atoms with Crippen molar-refractivity contribution in [1.29, 1.82) is 0 Å². The molecule has 0 bridgehead atoms. The standard InChI is InChI=1S/C8H12F3NO4/c1-7(2,3-5(13)14)12-6(15)16-4-8(9,10)11/h3-4H2,1-2H3,(H,12,15)(H,13,14). The second-order valence-corrected chi connectivity index (χ2v) is 3.77. The monoisotopic (exact) mass is 243 g/mol. The van der Waals surface area contributed by atoms with Crippen molar-refractivity contribution in [1.82, 2.24) is 5.32 Å². The molecule has 0 heterocycles. The number of hydrogen-bond acceptors (Lipinski definition) is 3. The van der Waals surface area contributed by atoms with Gasteiger partial charge in [-0.2, -0.15) is 13.2 Å². The summed E-state index contributed by atoms with van der Waals surface area (Å²) in [6.07, 6.45) is -6.33. The number of rotatable bonds is 4. The molecule has 0 atom stereocenters. The average Bonchev–Trinajstić information content (AvgIpc) is 1.95. The normalized spacial score (nSPS) is 12.1. The van der Waals surface area contributed by atoms with Crippen molar-refractivity contribution in [2.45, 2.75) is 32.0 Å². The van der Waals surface area contributed by atoms with Crippen LogP contribution in [-0.4, -0.2) is 35.5 Å². The third kappa shape index (κ3) is 7.89. The summed E-state index contributed by atoms with van der Waals surface area (Å²) in [5, 5.41) is 10.5. The second kappa shape index (κ2) is 5.04. The molecule has 0 aliphatic rings. The number of nitrogens with one attached hydrogen (secondary N) is 1. The molecule has 2 N–H and O–H groups in total. The third-order valence-corrected chi connectivity index (χ3v) is 1.40. The minimum atomic E-state index is -4.60. The topological polar surface area (TPSA) is 75.6 Å². The first-order chi connectivity index (χ1) is 7.02. The van der Waals surface area contributed by atoms with Crippen molar-refractivity contribution in [2.75, 3.05) is 6.61 Å². The number of carboxylic acids is 1. The Morgan fingerprint density at radius 3 is 2.19 bits per heavy atom. The third-order valence-electron chi connectivity index (χ3n) is 1.40. The highest BCUT2D eigenvalue weighted by molar-refractivity contribution is 5.72. The molecule has 0 aliphatic carbocycles. The number of carbonyl (C=O) groups is 2. The molecule has 0 radical (unpaired) electrons. The van der Waals surface area contributed by atoms with E-state index in [1.807, 2.05) is 5.32 Å². The van der Waals surface area contributed by atoms with Crippen LogP contribution in [0.2, 0.25) is 0 Å². The van der Waals surface area contributed by atoms with Crippen molar-refractivity contribution in [3.05, 3.63) is 0 Å². The highest BCUT2D eigenvalue weighted by atomic mass is 19.4. The van der Waals surface area contributed by atoms with Crippen LogP contribution < -0.4 is 5.32 Å². The van der Waals surface area contributed by atoms with Crippen LogP contribution in [0.5, 0.6) is 0 Å². The average molecular weight is 243 g/mol. The van der Waals surface area contributed by atoms with Crippen LogP contribution in [0.4, 0.5) is 18.0 Å². The van der Waals surface area contributed by atoms with E-state index in [-0.39, 0.29) is 0 Å². The van der Waals surface area contributed by atoms with E-state index in [4.69, 9.17) is 5.11 Å². The first-order valence-corrected chi connectivity index (χ1v) is 4.25. The van der Waals surface area contributed by atoms with Crippen LogP contribution in [0, 0.1) is 0 Å². The lowest BCUT2D eigenvalue weighted by molar-refractivity contribution is -0.160. The van der Waals surface area contributed by atoms with Crippen molar-refractivity contribution in [3.8, 4) is 0 Å². The minimum Gasteiger partial charge on any atom is -0.481 e. The number of hydrogen-bond donors (Lipinski definition) is 2. The summed E-state index contributed by atoms with van der Waals surface area (Å²) in [5.41, 5.74) is -1.17. The van der Waals surface area contributed by atoms with Crippen LogP contribution in [0.15, 0.2) is 0 Å². The van der Waals surface area contributed by atoms with Gasteiger partial charge in [-0.3, -0.25) is 4.79 Å². The predicted octanol–water partition coefficient (Wildman–Crippen LogP) is 1.53. The van der Waals surface area contributed by atoms with Gasteiger partial charge in [0.15, 0.2) is 6.61 Å². The fourth-order valence-corrected chi connectivity index (χ4v) is 0.882. The molecule has 16 heavy (non-hydrogen) atoms. The van der Waals surface area contributed by atoms with E-state index in [2.05, 4.69) is 4.74 Å². The van der Waals surface area contributed by atoms with Gasteiger partial charge >= 0.3 is 18.2 Å². The molecule has 0 saturated carbocycles. The zero-order chi connectivity index (χ0) is 13.0. The summed E-state index contributed by atoms with van der Waals surface area (Å²) in [5.74, 6) is -1.18. The fraction of sp³-hybridized carbons (Fsp3) is 0.750. The minimum absolute atomic E-state index is 0.423. The molecule has 0 aromatic heterocycles. The molecule has 0 spiro atoms. The molecule has 94 valence electrons. The van der Waals surface area contributed by atoms with Crippen LogP contribution in [0.25, 0.3) is 0 Å². The van der Waals surface area contributed by atoms with E-state index < -0.39 is 36.8 Å². The van der Waals surface area contributed by atoms with Gasteiger partial charge in [0, 0.05) is 5.54 Å². The SMILES string of the molecule is CC(C)(CC(=O)O)NC(=O)OCC(F)(F)F. The summed E-state index contributed by atoms with van der Waals surface area (Å²) in [6.45, 7) is 1.01. The molecule has 0 rings (SSSR count). The van der Waals surface area contributed by atoms with E-state index in [0.29, 0.717) is 0 Å². The maximum Gasteiger partial charge on any atom is 0.422 e. The largest absolute Gasteiger partial charge is 0.481 e. The van der Waals surface area contributed by atoms with Gasteiger partial charge in [-0.25, -0.2) is 4.79 Å². The van der Waals surface area contributed by atoms with E-state index >= 15 is 0 Å². The molecule has 0 saturated heterocycles. The molecule has 8 heteroatoms.